The molecule has 32 heavy (non-hydrogen) atoms. The molecule has 0 heterocycles. The first kappa shape index (κ1) is 34.6. The molecule has 0 radical (unpaired) electrons. The minimum Gasteiger partial charge on any atom is -0.325 e. The molecule has 1 nitrogen and oxygen atoms in total. The van der Waals surface area contributed by atoms with Gasteiger partial charge in [-0.05, 0) is 31.6 Å². The SMILES string of the molecule is Br.CCCCCCCC(CCCCCCC)C(N)(CCCCCCC)CCCCCCC. The van der Waals surface area contributed by atoms with Crippen LogP contribution in [0.1, 0.15) is 182 Å². The van der Waals surface area contributed by atoms with Crippen molar-refractivity contribution in [3.63, 3.8) is 0 Å². The van der Waals surface area contributed by atoms with Gasteiger partial charge in [0.1, 0.15) is 0 Å². The predicted molar refractivity (Wildman–Crippen MR) is 154 cm³/mol. The highest BCUT2D eigenvalue weighted by molar-refractivity contribution is 8.93. The van der Waals surface area contributed by atoms with E-state index in [1.165, 1.54) is 154 Å². The summed E-state index contributed by atoms with van der Waals surface area (Å²) in [5, 5.41) is 0. The van der Waals surface area contributed by atoms with Crippen molar-refractivity contribution in [3.05, 3.63) is 0 Å². The molecule has 0 aliphatic carbocycles. The lowest BCUT2D eigenvalue weighted by molar-refractivity contribution is 0.189. The zero-order chi connectivity index (χ0) is 23.0. The van der Waals surface area contributed by atoms with Crippen LogP contribution in [0.25, 0.3) is 0 Å². The zero-order valence-electron chi connectivity index (χ0n) is 23.0. The maximum absolute atomic E-state index is 7.35. The lowest BCUT2D eigenvalue weighted by atomic mass is 9.72. The van der Waals surface area contributed by atoms with Gasteiger partial charge in [0.15, 0.2) is 0 Å². The van der Waals surface area contributed by atoms with Crippen molar-refractivity contribution in [2.45, 2.75) is 187 Å². The van der Waals surface area contributed by atoms with Crippen molar-refractivity contribution in [2.24, 2.45) is 11.7 Å². The van der Waals surface area contributed by atoms with Crippen molar-refractivity contribution in [1.29, 1.82) is 0 Å². The predicted octanol–water partition coefficient (Wildman–Crippen LogP) is 11.3. The average molecular weight is 519 g/mol. The molecule has 2 heteroatoms. The third-order valence-corrected chi connectivity index (χ3v) is 7.62. The van der Waals surface area contributed by atoms with Crippen molar-refractivity contribution >= 4 is 17.0 Å². The normalized spacial score (nSPS) is 11.8. The Hall–Kier alpha value is 0.440. The first-order chi connectivity index (χ1) is 15.1. The van der Waals surface area contributed by atoms with Crippen LogP contribution in [0.3, 0.4) is 0 Å². The minimum atomic E-state index is 0. The van der Waals surface area contributed by atoms with Gasteiger partial charge in [0, 0.05) is 5.54 Å². The van der Waals surface area contributed by atoms with Crippen LogP contribution in [0.4, 0.5) is 0 Å². The summed E-state index contributed by atoms with van der Waals surface area (Å²) >= 11 is 0. The van der Waals surface area contributed by atoms with Crippen LogP contribution in [0.15, 0.2) is 0 Å². The van der Waals surface area contributed by atoms with E-state index >= 15 is 0 Å². The maximum Gasteiger partial charge on any atom is 0.0182 e. The summed E-state index contributed by atoms with van der Waals surface area (Å²) in [6.45, 7) is 9.27. The summed E-state index contributed by atoms with van der Waals surface area (Å²) in [5.74, 6) is 0.758. The molecule has 2 N–H and O–H groups in total. The van der Waals surface area contributed by atoms with Crippen LogP contribution in [-0.2, 0) is 0 Å². The topological polar surface area (TPSA) is 26.0 Å². The van der Waals surface area contributed by atoms with Gasteiger partial charge in [0.25, 0.3) is 0 Å². The molecule has 196 valence electrons. The van der Waals surface area contributed by atoms with E-state index in [0.717, 1.165) is 5.92 Å². The molecule has 0 saturated heterocycles. The smallest absolute Gasteiger partial charge is 0.0182 e. The van der Waals surface area contributed by atoms with Gasteiger partial charge in [-0.15, -0.1) is 17.0 Å². The number of rotatable bonds is 25. The van der Waals surface area contributed by atoms with Gasteiger partial charge in [-0.25, -0.2) is 0 Å². The van der Waals surface area contributed by atoms with Crippen LogP contribution >= 0.6 is 17.0 Å². The molecule has 0 unspecified atom stereocenters. The Balaban J connectivity index is 0. The van der Waals surface area contributed by atoms with E-state index in [0.29, 0.717) is 0 Å². The fourth-order valence-electron chi connectivity index (χ4n) is 5.36. The lowest BCUT2D eigenvalue weighted by Crippen LogP contribution is -2.47. The summed E-state index contributed by atoms with van der Waals surface area (Å²) in [4.78, 5) is 0. The Labute approximate surface area is 215 Å². The first-order valence-corrected chi connectivity index (χ1v) is 14.9. The molecule has 0 amide bonds. The molecule has 0 aliphatic rings. The van der Waals surface area contributed by atoms with Crippen LogP contribution in [0, 0.1) is 5.92 Å². The van der Waals surface area contributed by atoms with E-state index < -0.39 is 0 Å². The lowest BCUT2D eigenvalue weighted by Gasteiger charge is -2.39. The molecule has 0 aromatic heterocycles. The molecule has 0 bridgehead atoms. The maximum atomic E-state index is 7.35. The molecule has 0 fully saturated rings. The highest BCUT2D eigenvalue weighted by Gasteiger charge is 2.33. The van der Waals surface area contributed by atoms with E-state index in [4.69, 9.17) is 5.73 Å². The highest BCUT2D eigenvalue weighted by Crippen LogP contribution is 2.35. The van der Waals surface area contributed by atoms with Crippen LogP contribution in [-0.4, -0.2) is 5.54 Å². The monoisotopic (exact) mass is 517 g/mol. The molecule has 0 aromatic carbocycles. The van der Waals surface area contributed by atoms with E-state index in [9.17, 15) is 0 Å². The fraction of sp³-hybridized carbons (Fsp3) is 1.00. The summed E-state index contributed by atoms with van der Waals surface area (Å²) in [6, 6.07) is 0. The van der Waals surface area contributed by atoms with Crippen molar-refractivity contribution in [2.75, 3.05) is 0 Å². The zero-order valence-corrected chi connectivity index (χ0v) is 24.7. The third kappa shape index (κ3) is 19.9. The molecule has 0 aliphatic heterocycles. The Morgan fingerprint density at radius 1 is 0.438 bits per heavy atom. The number of unbranched alkanes of at least 4 members (excludes halogenated alkanes) is 16. The van der Waals surface area contributed by atoms with Crippen LogP contribution in [0.5, 0.6) is 0 Å². The summed E-state index contributed by atoms with van der Waals surface area (Å²) in [5.41, 5.74) is 7.46. The first-order valence-electron chi connectivity index (χ1n) is 14.9. The molecule has 0 spiro atoms. The third-order valence-electron chi connectivity index (χ3n) is 7.62. The van der Waals surface area contributed by atoms with E-state index in [1.807, 2.05) is 0 Å². The van der Waals surface area contributed by atoms with Gasteiger partial charge in [-0.2, -0.15) is 0 Å². The van der Waals surface area contributed by atoms with Crippen molar-refractivity contribution in [3.8, 4) is 0 Å². The highest BCUT2D eigenvalue weighted by atomic mass is 79.9. The largest absolute Gasteiger partial charge is 0.325 e. The molecule has 0 aromatic rings. The van der Waals surface area contributed by atoms with Crippen molar-refractivity contribution < 1.29 is 0 Å². The van der Waals surface area contributed by atoms with E-state index in [2.05, 4.69) is 27.7 Å². The molecule has 0 rings (SSSR count). The van der Waals surface area contributed by atoms with Gasteiger partial charge in [-0.1, -0.05) is 156 Å². The summed E-state index contributed by atoms with van der Waals surface area (Å²) in [7, 11) is 0. The van der Waals surface area contributed by atoms with Gasteiger partial charge >= 0.3 is 0 Å². The minimum absolute atomic E-state index is 0. The van der Waals surface area contributed by atoms with Crippen LogP contribution < -0.4 is 5.73 Å². The number of hydrogen-bond donors (Lipinski definition) is 1. The van der Waals surface area contributed by atoms with Crippen LogP contribution in [0.2, 0.25) is 0 Å². The second-order valence-electron chi connectivity index (χ2n) is 10.7. The van der Waals surface area contributed by atoms with Gasteiger partial charge in [0.2, 0.25) is 0 Å². The van der Waals surface area contributed by atoms with E-state index in [-0.39, 0.29) is 22.5 Å². The van der Waals surface area contributed by atoms with E-state index in [1.54, 1.807) is 0 Å². The van der Waals surface area contributed by atoms with Gasteiger partial charge in [-0.3, -0.25) is 0 Å². The second kappa shape index (κ2) is 26.1. The number of nitrogens with two attached hydrogens (primary N) is 1. The van der Waals surface area contributed by atoms with Gasteiger partial charge in [0.05, 0.1) is 0 Å². The molecular weight excluding hydrogens is 454 g/mol. The average Bonchev–Trinajstić information content (AvgIpc) is 2.77. The number of hydrogen-bond acceptors (Lipinski definition) is 1. The Morgan fingerprint density at radius 3 is 1.03 bits per heavy atom. The van der Waals surface area contributed by atoms with Crippen molar-refractivity contribution in [1.82, 2.24) is 0 Å². The summed E-state index contributed by atoms with van der Waals surface area (Å²) in [6.07, 6.45) is 33.1. The Bertz CT molecular complexity index is 316. The molecule has 0 saturated carbocycles. The second-order valence-corrected chi connectivity index (χ2v) is 10.7. The fourth-order valence-corrected chi connectivity index (χ4v) is 5.36. The number of halogens is 1. The quantitative estimate of drug-likeness (QED) is 0.119. The summed E-state index contributed by atoms with van der Waals surface area (Å²) < 4.78 is 0. The Morgan fingerprint density at radius 2 is 0.719 bits per heavy atom. The van der Waals surface area contributed by atoms with Gasteiger partial charge < -0.3 is 5.73 Å². The molecular formula is C30H64BrN. The Kier molecular flexibility index (Phi) is 28.2. The standard InChI is InChI=1S/C30H63N.BrH/c1-5-9-13-17-21-25-29(26-22-18-14-10-6-2)30(31,27-23-19-15-11-7-3)28-24-20-16-12-8-4;/h29H,5-28,31H2,1-4H3;1H. The molecule has 0 atom stereocenters.